The number of rotatable bonds is 6. The van der Waals surface area contributed by atoms with E-state index in [1.165, 1.54) is 34.7 Å². The first-order valence-corrected chi connectivity index (χ1v) is 10.8. The number of amides is 2. The Balaban J connectivity index is 1.40. The van der Waals surface area contributed by atoms with Crippen LogP contribution in [0.2, 0.25) is 0 Å². The van der Waals surface area contributed by atoms with Gasteiger partial charge in [0.25, 0.3) is 17.5 Å². The fraction of sp³-hybridized carbons (Fsp3) is 0.200. The lowest BCUT2D eigenvalue weighted by atomic mass is 10.1. The molecule has 0 aromatic heterocycles. The van der Waals surface area contributed by atoms with Crippen LogP contribution in [0.25, 0.3) is 0 Å². The zero-order valence-electron chi connectivity index (χ0n) is 18.1. The fourth-order valence-electron chi connectivity index (χ4n) is 3.97. The molecule has 8 heteroatoms. The van der Waals surface area contributed by atoms with E-state index < -0.39 is 10.8 Å². The summed E-state index contributed by atoms with van der Waals surface area (Å²) in [6.45, 7) is 3.94. The number of para-hydroxylation sites is 1. The molecule has 0 spiro atoms. The molecule has 0 atom stereocenters. The van der Waals surface area contributed by atoms with Gasteiger partial charge >= 0.3 is 0 Å². The predicted molar refractivity (Wildman–Crippen MR) is 124 cm³/mol. The SMILES string of the molecule is O=C(Nc1ccccc1C(=O)N1CC[NH+](Cc2ccccc2)CC1)c1ccc([N+](=O)[O-])cc1. The first-order chi connectivity index (χ1) is 16.0. The quantitative estimate of drug-likeness (QED) is 0.450. The highest BCUT2D eigenvalue weighted by Gasteiger charge is 2.26. The van der Waals surface area contributed by atoms with Crippen LogP contribution in [0, 0.1) is 10.1 Å². The highest BCUT2D eigenvalue weighted by Crippen LogP contribution is 2.19. The molecule has 33 heavy (non-hydrogen) atoms. The van der Waals surface area contributed by atoms with Crippen LogP contribution in [0.5, 0.6) is 0 Å². The van der Waals surface area contributed by atoms with E-state index >= 15 is 0 Å². The molecule has 1 saturated heterocycles. The largest absolute Gasteiger partial charge is 0.328 e. The van der Waals surface area contributed by atoms with Gasteiger partial charge in [0.15, 0.2) is 0 Å². The normalized spacial score (nSPS) is 14.0. The van der Waals surface area contributed by atoms with E-state index in [4.69, 9.17) is 0 Å². The van der Waals surface area contributed by atoms with Crippen molar-refractivity contribution in [2.45, 2.75) is 6.54 Å². The number of carbonyl (C=O) groups is 2. The molecular formula is C25H25N4O4+. The van der Waals surface area contributed by atoms with Crippen LogP contribution in [-0.2, 0) is 6.54 Å². The zero-order chi connectivity index (χ0) is 23.2. The Hall–Kier alpha value is -4.04. The van der Waals surface area contributed by atoms with Crippen LogP contribution in [0.4, 0.5) is 11.4 Å². The molecule has 3 aromatic rings. The number of piperazine rings is 1. The Morgan fingerprint density at radius 2 is 1.55 bits per heavy atom. The van der Waals surface area contributed by atoms with E-state index in [2.05, 4.69) is 17.4 Å². The van der Waals surface area contributed by atoms with Crippen LogP contribution >= 0.6 is 0 Å². The summed E-state index contributed by atoms with van der Waals surface area (Å²) < 4.78 is 0. The number of nitro groups is 1. The van der Waals surface area contributed by atoms with E-state index in [1.54, 1.807) is 24.3 Å². The van der Waals surface area contributed by atoms with Crippen molar-refractivity contribution in [3.63, 3.8) is 0 Å². The Labute approximate surface area is 191 Å². The number of anilines is 1. The number of nitrogens with one attached hydrogen (secondary N) is 2. The van der Waals surface area contributed by atoms with Crippen molar-refractivity contribution in [3.8, 4) is 0 Å². The Bertz CT molecular complexity index is 1140. The summed E-state index contributed by atoms with van der Waals surface area (Å²) in [4.78, 5) is 39.4. The Morgan fingerprint density at radius 3 is 2.21 bits per heavy atom. The maximum Gasteiger partial charge on any atom is 0.269 e. The van der Waals surface area contributed by atoms with Crippen molar-refractivity contribution in [2.24, 2.45) is 0 Å². The second kappa shape index (κ2) is 10.1. The molecule has 1 aliphatic heterocycles. The highest BCUT2D eigenvalue weighted by atomic mass is 16.6. The third-order valence-corrected chi connectivity index (χ3v) is 5.80. The van der Waals surface area contributed by atoms with Gasteiger partial charge in [-0.1, -0.05) is 42.5 Å². The number of hydrogen-bond acceptors (Lipinski definition) is 4. The van der Waals surface area contributed by atoms with Gasteiger partial charge in [0.2, 0.25) is 0 Å². The summed E-state index contributed by atoms with van der Waals surface area (Å²) in [7, 11) is 0. The average Bonchev–Trinajstić information content (AvgIpc) is 2.85. The number of nitrogens with zero attached hydrogens (tertiary/aromatic N) is 2. The van der Waals surface area contributed by atoms with Crippen LogP contribution in [-0.4, -0.2) is 47.8 Å². The minimum absolute atomic E-state index is 0.0873. The van der Waals surface area contributed by atoms with Crippen molar-refractivity contribution in [1.82, 2.24) is 4.90 Å². The fourth-order valence-corrected chi connectivity index (χ4v) is 3.97. The third kappa shape index (κ3) is 5.42. The minimum atomic E-state index is -0.517. The lowest BCUT2D eigenvalue weighted by Gasteiger charge is -2.32. The molecule has 1 aliphatic rings. The van der Waals surface area contributed by atoms with Crippen LogP contribution in [0.15, 0.2) is 78.9 Å². The van der Waals surface area contributed by atoms with E-state index in [0.717, 1.165) is 19.6 Å². The van der Waals surface area contributed by atoms with Gasteiger partial charge in [0.05, 0.1) is 42.4 Å². The van der Waals surface area contributed by atoms with Gasteiger partial charge in [-0.25, -0.2) is 0 Å². The van der Waals surface area contributed by atoms with Gasteiger partial charge in [-0.2, -0.15) is 0 Å². The minimum Gasteiger partial charge on any atom is -0.328 e. The highest BCUT2D eigenvalue weighted by molar-refractivity contribution is 6.09. The standard InChI is InChI=1S/C25H24N4O4/c30-24(20-10-12-21(13-11-20)29(32)33)26-23-9-5-4-8-22(23)25(31)28-16-14-27(15-17-28)18-19-6-2-1-3-7-19/h1-13H,14-18H2,(H,26,30)/p+1. The summed E-state index contributed by atoms with van der Waals surface area (Å²) in [5, 5.41) is 13.6. The van der Waals surface area contributed by atoms with Crippen molar-refractivity contribution >= 4 is 23.2 Å². The van der Waals surface area contributed by atoms with Gasteiger partial charge < -0.3 is 15.1 Å². The molecule has 168 valence electrons. The molecule has 0 saturated carbocycles. The smallest absolute Gasteiger partial charge is 0.269 e. The first-order valence-electron chi connectivity index (χ1n) is 10.8. The average molecular weight is 445 g/mol. The number of quaternary nitrogens is 1. The summed E-state index contributed by atoms with van der Waals surface area (Å²) in [5.74, 6) is -0.546. The van der Waals surface area contributed by atoms with Gasteiger partial charge in [0.1, 0.15) is 6.54 Å². The van der Waals surface area contributed by atoms with Crippen molar-refractivity contribution in [2.75, 3.05) is 31.5 Å². The number of benzene rings is 3. The van der Waals surface area contributed by atoms with Gasteiger partial charge in [-0.15, -0.1) is 0 Å². The van der Waals surface area contributed by atoms with Gasteiger partial charge in [-0.05, 0) is 24.3 Å². The maximum absolute atomic E-state index is 13.2. The molecule has 0 unspecified atom stereocenters. The molecule has 2 N–H and O–H groups in total. The lowest BCUT2D eigenvalue weighted by molar-refractivity contribution is -0.917. The van der Waals surface area contributed by atoms with Crippen molar-refractivity contribution in [1.29, 1.82) is 0 Å². The lowest BCUT2D eigenvalue weighted by Crippen LogP contribution is -3.13. The Kier molecular flexibility index (Phi) is 6.75. The summed E-state index contributed by atoms with van der Waals surface area (Å²) >= 11 is 0. The summed E-state index contributed by atoms with van der Waals surface area (Å²) in [6, 6.07) is 22.6. The molecule has 2 amide bonds. The molecular weight excluding hydrogens is 420 g/mol. The second-order valence-corrected chi connectivity index (χ2v) is 8.01. The molecule has 3 aromatic carbocycles. The number of carbonyl (C=O) groups excluding carboxylic acids is 2. The molecule has 4 rings (SSSR count). The topological polar surface area (TPSA) is 97.0 Å². The summed E-state index contributed by atoms with van der Waals surface area (Å²) in [5.41, 5.74) is 2.33. The number of nitro benzene ring substituents is 1. The number of non-ortho nitro benzene ring substituents is 1. The zero-order valence-corrected chi connectivity index (χ0v) is 18.1. The molecule has 0 aliphatic carbocycles. The number of hydrogen-bond donors (Lipinski definition) is 2. The molecule has 0 bridgehead atoms. The molecule has 1 heterocycles. The monoisotopic (exact) mass is 445 g/mol. The molecule has 1 fully saturated rings. The maximum atomic E-state index is 13.2. The van der Waals surface area contributed by atoms with Gasteiger partial charge in [0, 0.05) is 23.3 Å². The van der Waals surface area contributed by atoms with E-state index in [-0.39, 0.29) is 17.2 Å². The van der Waals surface area contributed by atoms with E-state index in [1.807, 2.05) is 23.1 Å². The van der Waals surface area contributed by atoms with Gasteiger partial charge in [-0.3, -0.25) is 19.7 Å². The van der Waals surface area contributed by atoms with E-state index in [0.29, 0.717) is 24.3 Å². The third-order valence-electron chi connectivity index (χ3n) is 5.80. The van der Waals surface area contributed by atoms with Crippen molar-refractivity contribution < 1.29 is 19.4 Å². The van der Waals surface area contributed by atoms with Crippen LogP contribution in [0.3, 0.4) is 0 Å². The summed E-state index contributed by atoms with van der Waals surface area (Å²) in [6.07, 6.45) is 0. The second-order valence-electron chi connectivity index (χ2n) is 8.01. The van der Waals surface area contributed by atoms with Crippen molar-refractivity contribution in [3.05, 3.63) is 106 Å². The van der Waals surface area contributed by atoms with Crippen LogP contribution < -0.4 is 10.2 Å². The Morgan fingerprint density at radius 1 is 0.909 bits per heavy atom. The first kappa shape index (κ1) is 22.2. The predicted octanol–water partition coefficient (Wildman–Crippen LogP) is 2.39. The molecule has 0 radical (unpaired) electrons. The molecule has 8 nitrogen and oxygen atoms in total. The van der Waals surface area contributed by atoms with E-state index in [9.17, 15) is 19.7 Å². The van der Waals surface area contributed by atoms with Crippen LogP contribution in [0.1, 0.15) is 26.3 Å².